The number of hydrogen-bond donors (Lipinski definition) is 0. The second-order valence-corrected chi connectivity index (χ2v) is 10.3. The molecule has 0 heterocycles. The Morgan fingerprint density at radius 3 is 1.36 bits per heavy atom. The van der Waals surface area contributed by atoms with Gasteiger partial charge in [-0.2, -0.15) is 0 Å². The Labute approximate surface area is 185 Å². The van der Waals surface area contributed by atoms with Crippen LogP contribution in [0.1, 0.15) is 109 Å². The van der Waals surface area contributed by atoms with Crippen LogP contribution in [0.25, 0.3) is 0 Å². The first kappa shape index (κ1) is 26.0. The molecule has 2 heteroatoms. The molecule has 0 amide bonds. The number of hydrogen-bond acceptors (Lipinski definition) is 2. The summed E-state index contributed by atoms with van der Waals surface area (Å²) >= 11 is 4.09. The lowest BCUT2D eigenvalue weighted by Gasteiger charge is -2.09. The van der Waals surface area contributed by atoms with E-state index < -0.39 is 0 Å². The van der Waals surface area contributed by atoms with Crippen molar-refractivity contribution in [1.82, 2.24) is 0 Å². The van der Waals surface area contributed by atoms with Crippen LogP contribution in [-0.4, -0.2) is 11.5 Å². The Morgan fingerprint density at radius 2 is 0.964 bits per heavy atom. The van der Waals surface area contributed by atoms with Crippen molar-refractivity contribution in [2.45, 2.75) is 120 Å². The monoisotopic (exact) mass is 421 g/mol. The van der Waals surface area contributed by atoms with Crippen LogP contribution in [-0.2, 0) is 6.42 Å². The molecule has 28 heavy (non-hydrogen) atoms. The van der Waals surface area contributed by atoms with Gasteiger partial charge in [0.15, 0.2) is 0 Å². The molecule has 0 saturated carbocycles. The molecule has 0 aliphatic rings. The van der Waals surface area contributed by atoms with Crippen molar-refractivity contribution >= 4 is 23.5 Å². The number of rotatable bonds is 19. The Balaban J connectivity index is 2.22. The first-order chi connectivity index (χ1) is 13.8. The zero-order chi connectivity index (χ0) is 20.3. The van der Waals surface area contributed by atoms with E-state index in [-0.39, 0.29) is 0 Å². The van der Waals surface area contributed by atoms with Crippen molar-refractivity contribution in [3.63, 3.8) is 0 Å². The summed E-state index contributed by atoms with van der Waals surface area (Å²) in [5, 5.41) is 0. The van der Waals surface area contributed by atoms with E-state index in [1.54, 1.807) is 0 Å². The minimum Gasteiger partial charge on any atom is -0.126 e. The van der Waals surface area contributed by atoms with E-state index >= 15 is 0 Å². The number of thioether (sulfide) groups is 2. The Kier molecular flexibility index (Phi) is 17.5. The second kappa shape index (κ2) is 18.9. The Bertz CT molecular complexity index is 431. The van der Waals surface area contributed by atoms with Crippen molar-refractivity contribution in [1.29, 1.82) is 0 Å². The molecule has 0 nitrogen and oxygen atoms in total. The van der Waals surface area contributed by atoms with Crippen LogP contribution < -0.4 is 0 Å². The van der Waals surface area contributed by atoms with E-state index in [2.05, 4.69) is 39.0 Å². The number of unbranched alkanes of at least 4 members (excludes halogenated alkanes) is 12. The van der Waals surface area contributed by atoms with Gasteiger partial charge in [0.1, 0.15) is 0 Å². The second-order valence-electron chi connectivity index (χ2n) is 8.00. The highest BCUT2D eigenvalue weighted by molar-refractivity contribution is 8.00. The largest absolute Gasteiger partial charge is 0.126 e. The minimum absolute atomic E-state index is 0.900. The molecule has 0 aromatic heterocycles. The number of benzene rings is 1. The lowest BCUT2D eigenvalue weighted by atomic mass is 10.1. The first-order valence-corrected chi connectivity index (χ1v) is 14.0. The average molecular weight is 422 g/mol. The summed E-state index contributed by atoms with van der Waals surface area (Å²) in [6.45, 7) is 8.69. The highest BCUT2D eigenvalue weighted by Gasteiger charge is 2.03. The van der Waals surface area contributed by atoms with Gasteiger partial charge in [0, 0.05) is 9.79 Å². The predicted molar refractivity (Wildman–Crippen MR) is 133 cm³/mol. The van der Waals surface area contributed by atoms with E-state index in [0.717, 1.165) is 6.42 Å². The van der Waals surface area contributed by atoms with Gasteiger partial charge in [0.2, 0.25) is 0 Å². The van der Waals surface area contributed by atoms with Crippen LogP contribution in [0.5, 0.6) is 0 Å². The molecule has 0 bridgehead atoms. The van der Waals surface area contributed by atoms with Gasteiger partial charge in [-0.05, 0) is 61.5 Å². The van der Waals surface area contributed by atoms with E-state index in [4.69, 9.17) is 0 Å². The standard InChI is InChI=1S/C26H45S2/c1-4-7-9-11-13-15-17-19-27-25-21-24(6-3)22-26(23-25)28-20-18-16-14-12-10-8-5-2/h21-23H,3-20H2,1-2H3. The van der Waals surface area contributed by atoms with Crippen molar-refractivity contribution in [3.8, 4) is 0 Å². The van der Waals surface area contributed by atoms with Gasteiger partial charge in [-0.1, -0.05) is 90.9 Å². The third-order valence-corrected chi connectivity index (χ3v) is 7.39. The van der Waals surface area contributed by atoms with Crippen LogP contribution in [0.4, 0.5) is 0 Å². The van der Waals surface area contributed by atoms with Gasteiger partial charge in [-0.3, -0.25) is 0 Å². The van der Waals surface area contributed by atoms with Gasteiger partial charge in [0.25, 0.3) is 0 Å². The van der Waals surface area contributed by atoms with Gasteiger partial charge >= 0.3 is 0 Å². The molecule has 0 atom stereocenters. The summed E-state index contributed by atoms with van der Waals surface area (Å²) in [6, 6.07) is 7.13. The SMILES string of the molecule is [CH2]Cc1cc(SCCCCCCCCC)cc(SCCCCCCCCC)c1. The van der Waals surface area contributed by atoms with E-state index in [9.17, 15) is 0 Å². The molecule has 0 unspecified atom stereocenters. The van der Waals surface area contributed by atoms with Gasteiger partial charge in [0.05, 0.1) is 0 Å². The van der Waals surface area contributed by atoms with Gasteiger partial charge in [-0.25, -0.2) is 0 Å². The van der Waals surface area contributed by atoms with Gasteiger partial charge in [-0.15, -0.1) is 23.5 Å². The van der Waals surface area contributed by atoms with E-state index in [0.29, 0.717) is 0 Å². The zero-order valence-electron chi connectivity index (χ0n) is 18.8. The van der Waals surface area contributed by atoms with Crippen LogP contribution in [0.15, 0.2) is 28.0 Å². The summed E-state index contributed by atoms with van der Waals surface area (Å²) in [6.07, 6.45) is 20.4. The third kappa shape index (κ3) is 14.0. The highest BCUT2D eigenvalue weighted by Crippen LogP contribution is 2.29. The van der Waals surface area contributed by atoms with Crippen molar-refractivity contribution < 1.29 is 0 Å². The fourth-order valence-electron chi connectivity index (χ4n) is 3.44. The molecule has 1 aromatic rings. The maximum absolute atomic E-state index is 4.11. The molecule has 0 N–H and O–H groups in total. The molecule has 0 aliphatic carbocycles. The summed E-state index contributed by atoms with van der Waals surface area (Å²) in [5.74, 6) is 2.52. The fraction of sp³-hybridized carbons (Fsp3) is 0.731. The lowest BCUT2D eigenvalue weighted by Crippen LogP contribution is -1.88. The smallest absolute Gasteiger partial charge is 0.00858 e. The molecule has 1 aromatic carbocycles. The molecule has 0 aliphatic heterocycles. The maximum atomic E-state index is 4.11. The predicted octanol–water partition coefficient (Wildman–Crippen LogP) is 9.75. The topological polar surface area (TPSA) is 0 Å². The summed E-state index contributed by atoms with van der Waals surface area (Å²) in [5.41, 5.74) is 1.40. The molecule has 1 rings (SSSR count). The summed E-state index contributed by atoms with van der Waals surface area (Å²) in [7, 11) is 0. The van der Waals surface area contributed by atoms with Crippen molar-refractivity contribution in [2.24, 2.45) is 0 Å². The molecule has 0 spiro atoms. The first-order valence-electron chi connectivity index (χ1n) is 12.0. The molecule has 0 fully saturated rings. The minimum atomic E-state index is 0.900. The third-order valence-electron chi connectivity index (χ3n) is 5.26. The van der Waals surface area contributed by atoms with Crippen LogP contribution >= 0.6 is 23.5 Å². The maximum Gasteiger partial charge on any atom is 0.00858 e. The van der Waals surface area contributed by atoms with Crippen molar-refractivity contribution in [3.05, 3.63) is 30.7 Å². The lowest BCUT2D eigenvalue weighted by molar-refractivity contribution is 0.603. The molecular formula is C26H45S2. The van der Waals surface area contributed by atoms with E-state index in [1.165, 1.54) is 117 Å². The van der Waals surface area contributed by atoms with Crippen LogP contribution in [0, 0.1) is 6.92 Å². The van der Waals surface area contributed by atoms with Gasteiger partial charge < -0.3 is 0 Å². The van der Waals surface area contributed by atoms with Crippen molar-refractivity contribution in [2.75, 3.05) is 11.5 Å². The molecule has 0 saturated heterocycles. The average Bonchev–Trinajstić information content (AvgIpc) is 2.71. The summed E-state index contributed by atoms with van der Waals surface area (Å²) in [4.78, 5) is 2.91. The molecule has 1 radical (unpaired) electrons. The Morgan fingerprint density at radius 1 is 0.571 bits per heavy atom. The summed E-state index contributed by atoms with van der Waals surface area (Å²) < 4.78 is 0. The molecule has 161 valence electrons. The zero-order valence-corrected chi connectivity index (χ0v) is 20.4. The normalized spacial score (nSPS) is 11.2. The Hall–Kier alpha value is -0.0800. The van der Waals surface area contributed by atoms with Crippen LogP contribution in [0.3, 0.4) is 0 Å². The fourth-order valence-corrected chi connectivity index (χ4v) is 5.57. The highest BCUT2D eigenvalue weighted by atomic mass is 32.2. The molecular weight excluding hydrogens is 376 g/mol. The van der Waals surface area contributed by atoms with E-state index in [1.807, 2.05) is 23.5 Å². The quantitative estimate of drug-likeness (QED) is 0.161. The van der Waals surface area contributed by atoms with Crippen LogP contribution in [0.2, 0.25) is 0 Å².